The Balaban J connectivity index is 1.74. The SMILES string of the molecule is COc1ccc(CN2C(=O)COC[C@H]2C(=O)NCc2ccccc2OC)c(OC)c1. The third-order valence-corrected chi connectivity index (χ3v) is 4.98. The maximum absolute atomic E-state index is 12.9. The third-order valence-electron chi connectivity index (χ3n) is 4.98. The van der Waals surface area contributed by atoms with E-state index in [0.717, 1.165) is 11.1 Å². The van der Waals surface area contributed by atoms with Gasteiger partial charge in [-0.25, -0.2) is 0 Å². The number of carbonyl (C=O) groups is 2. The predicted octanol–water partition coefficient (Wildman–Crippen LogP) is 1.76. The van der Waals surface area contributed by atoms with Gasteiger partial charge in [0.2, 0.25) is 11.8 Å². The number of ether oxygens (including phenoxy) is 4. The summed E-state index contributed by atoms with van der Waals surface area (Å²) in [6, 6.07) is 12.1. The Labute approximate surface area is 175 Å². The van der Waals surface area contributed by atoms with Crippen LogP contribution in [-0.2, 0) is 27.4 Å². The van der Waals surface area contributed by atoms with Crippen molar-refractivity contribution in [3.8, 4) is 17.2 Å². The number of methoxy groups -OCH3 is 3. The highest BCUT2D eigenvalue weighted by atomic mass is 16.5. The molecule has 0 bridgehead atoms. The number of benzene rings is 2. The molecule has 1 atom stereocenters. The molecular weight excluding hydrogens is 388 g/mol. The number of hydrogen-bond acceptors (Lipinski definition) is 6. The average molecular weight is 414 g/mol. The topological polar surface area (TPSA) is 86.3 Å². The second-order valence-corrected chi connectivity index (χ2v) is 6.76. The molecule has 1 saturated heterocycles. The van der Waals surface area contributed by atoms with Gasteiger partial charge in [0.05, 0.1) is 34.5 Å². The van der Waals surface area contributed by atoms with E-state index in [0.29, 0.717) is 17.2 Å². The van der Waals surface area contributed by atoms with E-state index in [-0.39, 0.29) is 38.1 Å². The summed E-state index contributed by atoms with van der Waals surface area (Å²) in [7, 11) is 4.71. The molecule has 2 amide bonds. The van der Waals surface area contributed by atoms with Gasteiger partial charge in [0.1, 0.15) is 29.9 Å². The van der Waals surface area contributed by atoms with E-state index in [2.05, 4.69) is 5.32 Å². The van der Waals surface area contributed by atoms with Crippen LogP contribution < -0.4 is 19.5 Å². The van der Waals surface area contributed by atoms with Gasteiger partial charge >= 0.3 is 0 Å². The fourth-order valence-electron chi connectivity index (χ4n) is 3.34. The lowest BCUT2D eigenvalue weighted by molar-refractivity contribution is -0.155. The van der Waals surface area contributed by atoms with Crippen LogP contribution in [0.15, 0.2) is 42.5 Å². The Hall–Kier alpha value is -3.26. The Kier molecular flexibility index (Phi) is 7.13. The van der Waals surface area contributed by atoms with Crippen LogP contribution in [0.4, 0.5) is 0 Å². The summed E-state index contributed by atoms with van der Waals surface area (Å²) in [5.41, 5.74) is 1.62. The maximum Gasteiger partial charge on any atom is 0.249 e. The van der Waals surface area contributed by atoms with E-state index >= 15 is 0 Å². The standard InChI is InChI=1S/C22H26N2O6/c1-27-17-9-8-16(20(10-17)29-3)12-24-18(13-30-14-21(24)25)22(26)23-11-15-6-4-5-7-19(15)28-2/h4-10,18H,11-14H2,1-3H3,(H,23,26)/t18-/m0/s1. The molecule has 0 unspecified atom stereocenters. The zero-order chi connectivity index (χ0) is 21.5. The van der Waals surface area contributed by atoms with Crippen LogP contribution in [0.5, 0.6) is 17.2 Å². The lowest BCUT2D eigenvalue weighted by Crippen LogP contribution is -2.55. The molecule has 2 aromatic carbocycles. The highest BCUT2D eigenvalue weighted by molar-refractivity contribution is 5.89. The van der Waals surface area contributed by atoms with Crippen molar-refractivity contribution in [1.82, 2.24) is 10.2 Å². The highest BCUT2D eigenvalue weighted by Crippen LogP contribution is 2.27. The van der Waals surface area contributed by atoms with Gasteiger partial charge in [-0.1, -0.05) is 18.2 Å². The second-order valence-electron chi connectivity index (χ2n) is 6.76. The van der Waals surface area contributed by atoms with Gasteiger partial charge in [-0.05, 0) is 18.2 Å². The molecule has 0 spiro atoms. The molecule has 0 saturated carbocycles. The largest absolute Gasteiger partial charge is 0.497 e. The summed E-state index contributed by atoms with van der Waals surface area (Å²) in [5.74, 6) is 1.38. The number of para-hydroxylation sites is 1. The molecule has 30 heavy (non-hydrogen) atoms. The number of nitrogens with one attached hydrogen (secondary N) is 1. The molecule has 1 fully saturated rings. The highest BCUT2D eigenvalue weighted by Gasteiger charge is 2.34. The van der Waals surface area contributed by atoms with Gasteiger partial charge in [0.25, 0.3) is 0 Å². The minimum atomic E-state index is -0.743. The minimum Gasteiger partial charge on any atom is -0.497 e. The quantitative estimate of drug-likeness (QED) is 0.708. The summed E-state index contributed by atoms with van der Waals surface area (Å²) < 4.78 is 21.3. The lowest BCUT2D eigenvalue weighted by Gasteiger charge is -2.34. The van der Waals surface area contributed by atoms with Crippen LogP contribution in [0.2, 0.25) is 0 Å². The molecule has 0 aliphatic carbocycles. The molecule has 2 aromatic rings. The first-order chi connectivity index (χ1) is 14.6. The third kappa shape index (κ3) is 4.83. The first-order valence-corrected chi connectivity index (χ1v) is 9.55. The Bertz CT molecular complexity index is 901. The number of morpholine rings is 1. The smallest absolute Gasteiger partial charge is 0.249 e. The fourth-order valence-corrected chi connectivity index (χ4v) is 3.34. The van der Waals surface area contributed by atoms with E-state index in [1.165, 1.54) is 4.90 Å². The number of hydrogen-bond donors (Lipinski definition) is 1. The van der Waals surface area contributed by atoms with Gasteiger partial charge in [0.15, 0.2) is 0 Å². The molecular formula is C22H26N2O6. The van der Waals surface area contributed by atoms with Gasteiger partial charge in [-0.15, -0.1) is 0 Å². The number of amides is 2. The van der Waals surface area contributed by atoms with Crippen LogP contribution in [0, 0.1) is 0 Å². The second kappa shape index (κ2) is 9.98. The van der Waals surface area contributed by atoms with Crippen molar-refractivity contribution in [2.24, 2.45) is 0 Å². The first kappa shape index (κ1) is 21.4. The van der Waals surface area contributed by atoms with Gasteiger partial charge < -0.3 is 29.2 Å². The molecule has 8 nitrogen and oxygen atoms in total. The monoisotopic (exact) mass is 414 g/mol. The molecule has 3 rings (SSSR count). The Morgan fingerprint density at radius 1 is 1.07 bits per heavy atom. The van der Waals surface area contributed by atoms with Crippen molar-refractivity contribution in [2.45, 2.75) is 19.1 Å². The molecule has 0 aromatic heterocycles. The molecule has 1 aliphatic heterocycles. The zero-order valence-corrected chi connectivity index (χ0v) is 17.3. The number of carbonyl (C=O) groups excluding carboxylic acids is 2. The predicted molar refractivity (Wildman–Crippen MR) is 110 cm³/mol. The van der Waals surface area contributed by atoms with Gasteiger partial charge in [-0.2, -0.15) is 0 Å². The molecule has 8 heteroatoms. The van der Waals surface area contributed by atoms with Crippen molar-refractivity contribution in [3.05, 3.63) is 53.6 Å². The number of rotatable bonds is 8. The van der Waals surface area contributed by atoms with Crippen molar-refractivity contribution >= 4 is 11.8 Å². The minimum absolute atomic E-state index is 0.0608. The van der Waals surface area contributed by atoms with Crippen LogP contribution in [-0.4, -0.2) is 57.3 Å². The van der Waals surface area contributed by atoms with Crippen LogP contribution in [0.25, 0.3) is 0 Å². The van der Waals surface area contributed by atoms with E-state index in [4.69, 9.17) is 18.9 Å². The Morgan fingerprint density at radius 2 is 1.83 bits per heavy atom. The van der Waals surface area contributed by atoms with Crippen LogP contribution >= 0.6 is 0 Å². The van der Waals surface area contributed by atoms with Gasteiger partial charge in [0, 0.05) is 23.7 Å². The van der Waals surface area contributed by atoms with Crippen LogP contribution in [0.1, 0.15) is 11.1 Å². The number of nitrogens with zero attached hydrogens (tertiary/aromatic N) is 1. The van der Waals surface area contributed by atoms with Crippen LogP contribution in [0.3, 0.4) is 0 Å². The molecule has 160 valence electrons. The van der Waals surface area contributed by atoms with Crippen molar-refractivity contribution in [3.63, 3.8) is 0 Å². The van der Waals surface area contributed by atoms with Crippen molar-refractivity contribution < 1.29 is 28.5 Å². The summed E-state index contributed by atoms with van der Waals surface area (Å²) >= 11 is 0. The van der Waals surface area contributed by atoms with Crippen molar-refractivity contribution in [2.75, 3.05) is 34.5 Å². The first-order valence-electron chi connectivity index (χ1n) is 9.55. The maximum atomic E-state index is 12.9. The summed E-state index contributed by atoms with van der Waals surface area (Å²) in [4.78, 5) is 27.0. The van der Waals surface area contributed by atoms with Crippen molar-refractivity contribution in [1.29, 1.82) is 0 Å². The lowest BCUT2D eigenvalue weighted by atomic mass is 10.1. The molecule has 1 aliphatic rings. The molecule has 0 radical (unpaired) electrons. The average Bonchev–Trinajstić information content (AvgIpc) is 2.79. The zero-order valence-electron chi connectivity index (χ0n) is 17.3. The van der Waals surface area contributed by atoms with E-state index in [1.54, 1.807) is 33.5 Å². The fraction of sp³-hybridized carbons (Fsp3) is 0.364. The van der Waals surface area contributed by atoms with E-state index < -0.39 is 6.04 Å². The molecule has 1 N–H and O–H groups in total. The Morgan fingerprint density at radius 3 is 2.57 bits per heavy atom. The van der Waals surface area contributed by atoms with Gasteiger partial charge in [-0.3, -0.25) is 9.59 Å². The van der Waals surface area contributed by atoms with E-state index in [9.17, 15) is 9.59 Å². The summed E-state index contributed by atoms with van der Waals surface area (Å²) in [6.45, 7) is 0.575. The van der Waals surface area contributed by atoms with E-state index in [1.807, 2.05) is 30.3 Å². The molecule has 1 heterocycles. The summed E-state index contributed by atoms with van der Waals surface area (Å²) in [5, 5.41) is 2.88. The normalized spacial score (nSPS) is 16.2. The summed E-state index contributed by atoms with van der Waals surface area (Å²) in [6.07, 6.45) is 0.